The number of rotatable bonds is 6. The third kappa shape index (κ3) is 6.20. The molecule has 3 heteroatoms. The quantitative estimate of drug-likeness (QED) is 0.678. The summed E-state index contributed by atoms with van der Waals surface area (Å²) < 4.78 is 22.5. The van der Waals surface area contributed by atoms with E-state index < -0.39 is 9.84 Å². The summed E-state index contributed by atoms with van der Waals surface area (Å²) in [7, 11) is -2.86. The minimum atomic E-state index is -2.86. The predicted molar refractivity (Wildman–Crippen MR) is 78.1 cm³/mol. The van der Waals surface area contributed by atoms with Crippen LogP contribution in [0.3, 0.4) is 0 Å². The Hall–Kier alpha value is -0.830. The molecule has 102 valence electrons. The fourth-order valence-electron chi connectivity index (χ4n) is 2.02. The summed E-state index contributed by atoms with van der Waals surface area (Å²) in [6.07, 6.45) is 9.27. The maximum atomic E-state index is 11.2. The van der Waals surface area contributed by atoms with Gasteiger partial charge in [0.1, 0.15) is 0 Å². The molecule has 0 unspecified atom stereocenters. The van der Waals surface area contributed by atoms with Gasteiger partial charge in [0.05, 0.1) is 5.75 Å². The Labute approximate surface area is 111 Å². The summed E-state index contributed by atoms with van der Waals surface area (Å²) in [5, 5.41) is 1.47. The molecule has 1 rings (SSSR count). The van der Waals surface area contributed by atoms with Gasteiger partial charge in [0.2, 0.25) is 0 Å². The van der Waals surface area contributed by atoms with Crippen molar-refractivity contribution in [2.45, 2.75) is 52.9 Å². The van der Waals surface area contributed by atoms with Crippen LogP contribution < -0.4 is 0 Å². The molecule has 0 aliphatic carbocycles. The molecule has 1 aliphatic heterocycles. The second-order valence-electron chi connectivity index (χ2n) is 5.30. The Bertz CT molecular complexity index is 461. The first kappa shape index (κ1) is 15.2. The van der Waals surface area contributed by atoms with Crippen LogP contribution in [0, 0.1) is 0 Å². The summed E-state index contributed by atoms with van der Waals surface area (Å²) in [5.74, 6) is 0.311. The highest BCUT2D eigenvalue weighted by Crippen LogP contribution is 2.21. The molecule has 2 nitrogen and oxygen atoms in total. The van der Waals surface area contributed by atoms with Crippen LogP contribution in [-0.4, -0.2) is 14.2 Å². The minimum absolute atomic E-state index is 0.311. The molecule has 1 heterocycles. The number of hydrogen-bond acceptors (Lipinski definition) is 2. The monoisotopic (exact) mass is 268 g/mol. The summed E-state index contributed by atoms with van der Waals surface area (Å²) in [5.41, 5.74) is 3.85. The van der Waals surface area contributed by atoms with Crippen molar-refractivity contribution in [2.24, 2.45) is 0 Å². The minimum Gasteiger partial charge on any atom is -0.224 e. The third-order valence-corrected chi connectivity index (χ3v) is 4.57. The molecular weight excluding hydrogens is 244 g/mol. The van der Waals surface area contributed by atoms with Gasteiger partial charge in [0.15, 0.2) is 9.84 Å². The topological polar surface area (TPSA) is 34.1 Å². The van der Waals surface area contributed by atoms with Gasteiger partial charge in [-0.2, -0.15) is 0 Å². The normalized spacial score (nSPS) is 18.6. The van der Waals surface area contributed by atoms with Gasteiger partial charge in [0.25, 0.3) is 0 Å². The van der Waals surface area contributed by atoms with Crippen molar-refractivity contribution in [1.29, 1.82) is 0 Å². The van der Waals surface area contributed by atoms with Crippen LogP contribution in [0.15, 0.2) is 34.3 Å². The average Bonchev–Trinajstić information content (AvgIpc) is 2.57. The van der Waals surface area contributed by atoms with E-state index in [4.69, 9.17) is 0 Å². The molecule has 0 amide bonds. The molecule has 0 spiro atoms. The molecule has 1 aliphatic rings. The second kappa shape index (κ2) is 6.93. The molecule has 0 atom stereocenters. The smallest absolute Gasteiger partial charge is 0.171 e. The lowest BCUT2D eigenvalue weighted by molar-refractivity contribution is 0.606. The maximum absolute atomic E-state index is 11.2. The molecule has 0 saturated carbocycles. The molecular formula is C15H24O2S. The molecule has 0 fully saturated rings. The Kier molecular flexibility index (Phi) is 5.86. The number of sulfone groups is 1. The Morgan fingerprint density at radius 1 is 1.22 bits per heavy atom. The van der Waals surface area contributed by atoms with Crippen LogP contribution in [0.2, 0.25) is 0 Å². The second-order valence-corrected chi connectivity index (χ2v) is 7.27. The molecule has 0 aromatic heterocycles. The van der Waals surface area contributed by atoms with E-state index >= 15 is 0 Å². The van der Waals surface area contributed by atoms with Crippen molar-refractivity contribution >= 4 is 9.84 Å². The lowest BCUT2D eigenvalue weighted by Gasteiger charge is -2.00. The maximum Gasteiger partial charge on any atom is 0.171 e. The van der Waals surface area contributed by atoms with E-state index in [2.05, 4.69) is 32.9 Å². The highest BCUT2D eigenvalue weighted by Gasteiger charge is 2.17. The van der Waals surface area contributed by atoms with Gasteiger partial charge in [-0.1, -0.05) is 28.9 Å². The Balaban J connectivity index is 2.30. The first-order valence-electron chi connectivity index (χ1n) is 6.60. The molecule has 18 heavy (non-hydrogen) atoms. The van der Waals surface area contributed by atoms with Crippen molar-refractivity contribution in [3.63, 3.8) is 0 Å². The van der Waals surface area contributed by atoms with Gasteiger partial charge >= 0.3 is 0 Å². The van der Waals surface area contributed by atoms with E-state index in [1.165, 1.54) is 16.6 Å². The molecule has 0 aromatic carbocycles. The van der Waals surface area contributed by atoms with Gasteiger partial charge in [-0.15, -0.1) is 0 Å². The molecule has 0 N–H and O–H groups in total. The lowest BCUT2D eigenvalue weighted by Crippen LogP contribution is -1.92. The highest BCUT2D eigenvalue weighted by molar-refractivity contribution is 7.94. The van der Waals surface area contributed by atoms with Gasteiger partial charge < -0.3 is 0 Å². The number of hydrogen-bond donors (Lipinski definition) is 0. The van der Waals surface area contributed by atoms with E-state index in [1.54, 1.807) is 0 Å². The zero-order valence-electron chi connectivity index (χ0n) is 11.7. The lowest BCUT2D eigenvalue weighted by atomic mass is 10.1. The van der Waals surface area contributed by atoms with Crippen LogP contribution in [0.1, 0.15) is 52.9 Å². The van der Waals surface area contributed by atoms with Crippen LogP contribution in [0.25, 0.3) is 0 Å². The Morgan fingerprint density at radius 3 is 2.50 bits per heavy atom. The van der Waals surface area contributed by atoms with Crippen molar-refractivity contribution in [3.8, 4) is 0 Å². The first-order chi connectivity index (χ1) is 8.39. The van der Waals surface area contributed by atoms with E-state index in [0.29, 0.717) is 5.75 Å². The summed E-state index contributed by atoms with van der Waals surface area (Å²) in [4.78, 5) is 0. The molecule has 0 aromatic rings. The zero-order valence-corrected chi connectivity index (χ0v) is 12.5. The fourth-order valence-corrected chi connectivity index (χ4v) is 3.43. The SMILES string of the molecule is CC(C)=CCCC(C)=CCCC1=CS(=O)(=O)CC1. The van der Waals surface area contributed by atoms with Crippen molar-refractivity contribution in [3.05, 3.63) is 34.3 Å². The van der Waals surface area contributed by atoms with Crippen LogP contribution in [-0.2, 0) is 9.84 Å². The van der Waals surface area contributed by atoms with Crippen molar-refractivity contribution in [1.82, 2.24) is 0 Å². The van der Waals surface area contributed by atoms with Crippen LogP contribution >= 0.6 is 0 Å². The Morgan fingerprint density at radius 2 is 1.94 bits per heavy atom. The standard InChI is InChI=1S/C15H24O2S/c1-13(2)6-4-7-14(3)8-5-9-15-10-11-18(16,17)12-15/h6,8,12H,4-5,7,9-11H2,1-3H3. The van der Waals surface area contributed by atoms with Gasteiger partial charge in [0, 0.05) is 5.41 Å². The first-order valence-corrected chi connectivity index (χ1v) is 8.32. The number of allylic oxidation sites excluding steroid dienone is 5. The van der Waals surface area contributed by atoms with Gasteiger partial charge in [-0.05, 0) is 52.9 Å². The average molecular weight is 268 g/mol. The summed E-state index contributed by atoms with van der Waals surface area (Å²) in [6.45, 7) is 6.39. The van der Waals surface area contributed by atoms with Crippen LogP contribution in [0.4, 0.5) is 0 Å². The predicted octanol–water partition coefficient (Wildman–Crippen LogP) is 4.16. The molecule has 0 bridgehead atoms. The molecule has 0 radical (unpaired) electrons. The summed E-state index contributed by atoms with van der Waals surface area (Å²) in [6, 6.07) is 0. The molecule has 0 saturated heterocycles. The highest BCUT2D eigenvalue weighted by atomic mass is 32.2. The van der Waals surface area contributed by atoms with Gasteiger partial charge in [-0.25, -0.2) is 8.42 Å². The van der Waals surface area contributed by atoms with Gasteiger partial charge in [-0.3, -0.25) is 0 Å². The van der Waals surface area contributed by atoms with E-state index in [-0.39, 0.29) is 0 Å². The summed E-state index contributed by atoms with van der Waals surface area (Å²) >= 11 is 0. The van der Waals surface area contributed by atoms with Crippen molar-refractivity contribution < 1.29 is 8.42 Å². The largest absolute Gasteiger partial charge is 0.224 e. The fraction of sp³-hybridized carbons (Fsp3) is 0.600. The van der Waals surface area contributed by atoms with E-state index in [0.717, 1.165) is 37.7 Å². The van der Waals surface area contributed by atoms with Crippen LogP contribution in [0.5, 0.6) is 0 Å². The third-order valence-electron chi connectivity index (χ3n) is 3.10. The zero-order chi connectivity index (χ0) is 13.6. The van der Waals surface area contributed by atoms with Crippen molar-refractivity contribution in [2.75, 3.05) is 5.75 Å². The van der Waals surface area contributed by atoms with E-state index in [9.17, 15) is 8.42 Å². The van der Waals surface area contributed by atoms with E-state index in [1.807, 2.05) is 0 Å².